The summed E-state index contributed by atoms with van der Waals surface area (Å²) in [7, 11) is -3.56. The van der Waals surface area contributed by atoms with E-state index >= 15 is 0 Å². The van der Waals surface area contributed by atoms with Crippen LogP contribution in [0, 0.1) is 6.92 Å². The van der Waals surface area contributed by atoms with Gasteiger partial charge in [0.25, 0.3) is 0 Å². The highest BCUT2D eigenvalue weighted by molar-refractivity contribution is 7.89. The van der Waals surface area contributed by atoms with Crippen LogP contribution < -0.4 is 10.5 Å². The van der Waals surface area contributed by atoms with Gasteiger partial charge in [-0.05, 0) is 19.1 Å². The maximum atomic E-state index is 12.1. The number of hydrogen-bond acceptors (Lipinski definition) is 5. The van der Waals surface area contributed by atoms with E-state index < -0.39 is 10.0 Å². The highest BCUT2D eigenvalue weighted by Gasteiger charge is 2.14. The van der Waals surface area contributed by atoms with E-state index in [-0.39, 0.29) is 16.4 Å². The minimum absolute atomic E-state index is 0.172. The molecule has 106 valence electrons. The van der Waals surface area contributed by atoms with E-state index in [1.54, 1.807) is 12.1 Å². The van der Waals surface area contributed by atoms with Gasteiger partial charge in [0.2, 0.25) is 10.0 Å². The van der Waals surface area contributed by atoms with Crippen molar-refractivity contribution in [2.24, 2.45) is 5.73 Å². The summed E-state index contributed by atoms with van der Waals surface area (Å²) in [6, 6.07) is 6.13. The topological polar surface area (TPSA) is 85.1 Å². The smallest absolute Gasteiger partial charge is 0.240 e. The summed E-state index contributed by atoms with van der Waals surface area (Å²) >= 11 is 6.24. The molecule has 1 aromatic carbocycles. The van der Waals surface area contributed by atoms with Crippen molar-refractivity contribution in [2.75, 3.05) is 0 Å². The quantitative estimate of drug-likeness (QED) is 0.814. The molecular weight excluding hydrogens is 314 g/mol. The Balaban J connectivity index is 2.11. The average Bonchev–Trinajstić information content (AvgIpc) is 2.82. The fourth-order valence-electron chi connectivity index (χ4n) is 1.52. The van der Waals surface area contributed by atoms with Crippen molar-refractivity contribution in [3.63, 3.8) is 0 Å². The summed E-state index contributed by atoms with van der Waals surface area (Å²) in [5.74, 6) is 0. The molecule has 3 N–H and O–H groups in total. The van der Waals surface area contributed by atoms with Crippen LogP contribution in [-0.2, 0) is 16.6 Å². The Labute approximate surface area is 126 Å². The van der Waals surface area contributed by atoms with Crippen molar-refractivity contribution in [1.29, 1.82) is 0 Å². The largest absolute Gasteiger partial charge is 0.389 e. The molecule has 0 aliphatic heterocycles. The summed E-state index contributed by atoms with van der Waals surface area (Å²) in [4.78, 5) is 4.61. The minimum Gasteiger partial charge on any atom is -0.389 e. The molecule has 0 amide bonds. The van der Waals surface area contributed by atoms with Crippen LogP contribution in [-0.4, -0.2) is 18.4 Å². The van der Waals surface area contributed by atoms with Crippen molar-refractivity contribution in [3.8, 4) is 0 Å². The molecule has 0 fully saturated rings. The van der Waals surface area contributed by atoms with Crippen molar-refractivity contribution in [1.82, 2.24) is 9.71 Å². The molecule has 1 aromatic heterocycles. The van der Waals surface area contributed by atoms with Gasteiger partial charge in [0.05, 0.1) is 11.4 Å². The molecule has 1 heterocycles. The van der Waals surface area contributed by atoms with Gasteiger partial charge in [-0.25, -0.2) is 18.1 Å². The number of nitrogens with zero attached hydrogens (tertiary/aromatic N) is 1. The normalized spacial score (nSPS) is 11.4. The lowest BCUT2D eigenvalue weighted by Gasteiger charge is -2.06. The van der Waals surface area contributed by atoms with Gasteiger partial charge < -0.3 is 5.73 Å². The van der Waals surface area contributed by atoms with Crippen LogP contribution in [0.3, 0.4) is 0 Å². The van der Waals surface area contributed by atoms with Gasteiger partial charge in [-0.2, -0.15) is 0 Å². The van der Waals surface area contributed by atoms with Gasteiger partial charge in [0.15, 0.2) is 0 Å². The van der Waals surface area contributed by atoms with Gasteiger partial charge in [0, 0.05) is 16.6 Å². The van der Waals surface area contributed by atoms with E-state index in [4.69, 9.17) is 18.0 Å². The number of hydrogen-bond donors (Lipinski definition) is 2. The summed E-state index contributed by atoms with van der Waals surface area (Å²) in [6.07, 6.45) is 0. The lowest BCUT2D eigenvalue weighted by molar-refractivity contribution is 0.581. The van der Waals surface area contributed by atoms with Crippen molar-refractivity contribution in [3.05, 3.63) is 45.9 Å². The molecule has 0 aliphatic rings. The summed E-state index contributed by atoms with van der Waals surface area (Å²) in [5.41, 5.74) is 6.98. The summed E-state index contributed by atoms with van der Waals surface area (Å²) in [5, 5.41) is 2.60. The van der Waals surface area contributed by atoms with Crippen LogP contribution in [0.2, 0.25) is 0 Å². The second kappa shape index (κ2) is 5.96. The van der Waals surface area contributed by atoms with Crippen molar-refractivity contribution >= 4 is 38.6 Å². The summed E-state index contributed by atoms with van der Waals surface area (Å²) in [6.45, 7) is 2.04. The Bertz CT molecular complexity index is 721. The molecule has 20 heavy (non-hydrogen) atoms. The van der Waals surface area contributed by atoms with E-state index in [1.807, 2.05) is 12.3 Å². The van der Waals surface area contributed by atoms with Gasteiger partial charge in [-0.1, -0.05) is 24.4 Å². The molecule has 0 bridgehead atoms. The first kappa shape index (κ1) is 15.0. The molecule has 0 spiro atoms. The Morgan fingerprint density at radius 3 is 2.55 bits per heavy atom. The van der Waals surface area contributed by atoms with Crippen LogP contribution in [0.1, 0.15) is 16.3 Å². The van der Waals surface area contributed by atoms with E-state index in [0.717, 1.165) is 10.7 Å². The van der Waals surface area contributed by atoms with Gasteiger partial charge in [-0.3, -0.25) is 0 Å². The van der Waals surface area contributed by atoms with E-state index in [9.17, 15) is 8.42 Å². The van der Waals surface area contributed by atoms with Crippen molar-refractivity contribution < 1.29 is 8.42 Å². The monoisotopic (exact) mass is 327 g/mol. The van der Waals surface area contributed by atoms with E-state index in [2.05, 4.69) is 9.71 Å². The number of rotatable bonds is 5. The second-order valence-electron chi connectivity index (χ2n) is 4.10. The molecule has 5 nitrogen and oxygen atoms in total. The second-order valence-corrected chi connectivity index (χ2v) is 7.25. The number of benzene rings is 1. The molecule has 0 unspecified atom stereocenters. The van der Waals surface area contributed by atoms with Crippen LogP contribution >= 0.6 is 23.6 Å². The fraction of sp³-hybridized carbons (Fsp3) is 0.167. The SMILES string of the molecule is Cc1csc(CNS(=O)(=O)c2ccc(C(N)=S)cc2)n1. The predicted molar refractivity (Wildman–Crippen MR) is 83.2 cm³/mol. The number of aryl methyl sites for hydroxylation is 1. The third-order valence-electron chi connectivity index (χ3n) is 2.53. The maximum Gasteiger partial charge on any atom is 0.240 e. The number of nitrogens with two attached hydrogens (primary N) is 1. The minimum atomic E-state index is -3.56. The first-order valence-corrected chi connectivity index (χ1v) is 8.46. The van der Waals surface area contributed by atoms with Crippen LogP contribution in [0.25, 0.3) is 0 Å². The zero-order valence-corrected chi connectivity index (χ0v) is 13.1. The number of thiazole rings is 1. The highest BCUT2D eigenvalue weighted by atomic mass is 32.2. The molecular formula is C12H13N3O2S3. The summed E-state index contributed by atoms with van der Waals surface area (Å²) < 4.78 is 26.7. The van der Waals surface area contributed by atoms with E-state index in [1.165, 1.54) is 23.5 Å². The Kier molecular flexibility index (Phi) is 4.48. The molecule has 0 atom stereocenters. The standard InChI is InChI=1S/C12H13N3O2S3/c1-8-7-19-11(15-8)6-14-20(16,17)10-4-2-9(3-5-10)12(13)18/h2-5,7,14H,6H2,1H3,(H2,13,18). The molecule has 8 heteroatoms. The van der Waals surface area contributed by atoms with Crippen LogP contribution in [0.4, 0.5) is 0 Å². The Morgan fingerprint density at radius 2 is 2.05 bits per heavy atom. The molecule has 0 aliphatic carbocycles. The zero-order chi connectivity index (χ0) is 14.8. The molecule has 2 aromatic rings. The first-order valence-electron chi connectivity index (χ1n) is 5.69. The Hall–Kier alpha value is -1.35. The third kappa shape index (κ3) is 3.60. The molecule has 0 radical (unpaired) electrons. The fourth-order valence-corrected chi connectivity index (χ4v) is 3.45. The first-order chi connectivity index (χ1) is 9.38. The maximum absolute atomic E-state index is 12.1. The molecule has 2 rings (SSSR count). The van der Waals surface area contributed by atoms with E-state index in [0.29, 0.717) is 5.56 Å². The van der Waals surface area contributed by atoms with Crippen LogP contribution in [0.15, 0.2) is 34.5 Å². The number of sulfonamides is 1. The molecule has 0 saturated carbocycles. The van der Waals surface area contributed by atoms with Crippen molar-refractivity contribution in [2.45, 2.75) is 18.4 Å². The number of nitrogens with one attached hydrogen (secondary N) is 1. The lowest BCUT2D eigenvalue weighted by Crippen LogP contribution is -2.23. The van der Waals surface area contributed by atoms with Gasteiger partial charge in [-0.15, -0.1) is 11.3 Å². The molecule has 0 saturated heterocycles. The number of thiocarbonyl (C=S) groups is 1. The third-order valence-corrected chi connectivity index (χ3v) is 5.15. The lowest BCUT2D eigenvalue weighted by atomic mass is 10.2. The van der Waals surface area contributed by atoms with Crippen LogP contribution in [0.5, 0.6) is 0 Å². The highest BCUT2D eigenvalue weighted by Crippen LogP contribution is 2.13. The zero-order valence-electron chi connectivity index (χ0n) is 10.7. The van der Waals surface area contributed by atoms with Gasteiger partial charge >= 0.3 is 0 Å². The average molecular weight is 327 g/mol. The van der Waals surface area contributed by atoms with Gasteiger partial charge in [0.1, 0.15) is 10.00 Å². The predicted octanol–water partition coefficient (Wildman–Crippen LogP) is 1.56. The number of aromatic nitrogens is 1. The Morgan fingerprint density at radius 1 is 1.40 bits per heavy atom.